The van der Waals surface area contributed by atoms with Gasteiger partial charge in [-0.1, -0.05) is 36.1 Å². The number of thioether (sulfide) groups is 1. The normalized spacial score (nSPS) is 10.2. The van der Waals surface area contributed by atoms with Gasteiger partial charge in [-0.05, 0) is 42.0 Å². The zero-order valence-electron chi connectivity index (χ0n) is 9.90. The van der Waals surface area contributed by atoms with Crippen molar-refractivity contribution in [3.8, 4) is 0 Å². The summed E-state index contributed by atoms with van der Waals surface area (Å²) in [4.78, 5) is 0. The SMILES string of the molecule is Fc1ccc(CSC(=S)Nc2ccc(F)cc2)cc1. The molecule has 2 aromatic carbocycles. The third-order valence-corrected chi connectivity index (χ3v) is 3.67. The minimum atomic E-state index is -0.282. The molecule has 19 heavy (non-hydrogen) atoms. The Hall–Kier alpha value is -1.46. The van der Waals surface area contributed by atoms with Crippen molar-refractivity contribution in [1.29, 1.82) is 0 Å². The van der Waals surface area contributed by atoms with Crippen molar-refractivity contribution < 1.29 is 8.78 Å². The van der Waals surface area contributed by atoms with E-state index in [-0.39, 0.29) is 11.6 Å². The van der Waals surface area contributed by atoms with Gasteiger partial charge in [0.15, 0.2) is 0 Å². The van der Waals surface area contributed by atoms with E-state index in [1.54, 1.807) is 24.3 Å². The van der Waals surface area contributed by atoms with E-state index < -0.39 is 0 Å². The van der Waals surface area contributed by atoms with Crippen LogP contribution in [0.5, 0.6) is 0 Å². The lowest BCUT2D eigenvalue weighted by Gasteiger charge is -2.07. The molecular weight excluding hydrogens is 284 g/mol. The molecule has 0 atom stereocenters. The summed E-state index contributed by atoms with van der Waals surface area (Å²) in [5, 5.41) is 3.00. The van der Waals surface area contributed by atoms with Crippen molar-refractivity contribution in [1.82, 2.24) is 0 Å². The fourth-order valence-corrected chi connectivity index (χ4v) is 2.39. The van der Waals surface area contributed by atoms with E-state index in [2.05, 4.69) is 5.32 Å². The lowest BCUT2D eigenvalue weighted by atomic mass is 10.2. The van der Waals surface area contributed by atoms with Crippen molar-refractivity contribution >= 4 is 34.0 Å². The number of benzene rings is 2. The molecule has 0 fully saturated rings. The van der Waals surface area contributed by atoms with Gasteiger partial charge >= 0.3 is 0 Å². The van der Waals surface area contributed by atoms with Gasteiger partial charge in [-0.25, -0.2) is 8.78 Å². The van der Waals surface area contributed by atoms with Gasteiger partial charge in [0.25, 0.3) is 0 Å². The molecule has 0 spiro atoms. The number of rotatable bonds is 3. The fraction of sp³-hybridized carbons (Fsp3) is 0.0714. The predicted octanol–water partition coefficient (Wildman–Crippen LogP) is 4.60. The average molecular weight is 295 g/mol. The van der Waals surface area contributed by atoms with Crippen LogP contribution in [0.15, 0.2) is 48.5 Å². The molecule has 0 heterocycles. The summed E-state index contributed by atoms with van der Waals surface area (Å²) in [6, 6.07) is 12.3. The molecule has 2 rings (SSSR count). The molecule has 5 heteroatoms. The van der Waals surface area contributed by atoms with Crippen LogP contribution >= 0.6 is 24.0 Å². The van der Waals surface area contributed by atoms with Gasteiger partial charge in [-0.3, -0.25) is 0 Å². The summed E-state index contributed by atoms with van der Waals surface area (Å²) in [7, 11) is 0. The molecule has 1 N–H and O–H groups in total. The van der Waals surface area contributed by atoms with E-state index in [0.717, 1.165) is 11.3 Å². The molecule has 0 aliphatic rings. The monoisotopic (exact) mass is 295 g/mol. The van der Waals surface area contributed by atoms with Crippen LogP contribution in [0.2, 0.25) is 0 Å². The first-order chi connectivity index (χ1) is 9.13. The van der Waals surface area contributed by atoms with Gasteiger partial charge < -0.3 is 5.32 Å². The maximum absolute atomic E-state index is 12.7. The molecule has 0 saturated carbocycles. The van der Waals surface area contributed by atoms with Crippen molar-refractivity contribution in [2.45, 2.75) is 5.75 Å². The van der Waals surface area contributed by atoms with Crippen molar-refractivity contribution in [3.05, 3.63) is 65.7 Å². The van der Waals surface area contributed by atoms with Crippen molar-refractivity contribution in [3.63, 3.8) is 0 Å². The lowest BCUT2D eigenvalue weighted by Crippen LogP contribution is -2.04. The molecule has 0 unspecified atom stereocenters. The van der Waals surface area contributed by atoms with Crippen molar-refractivity contribution in [2.24, 2.45) is 0 Å². The van der Waals surface area contributed by atoms with Crippen LogP contribution in [0, 0.1) is 11.6 Å². The molecule has 0 aliphatic heterocycles. The number of thiocarbonyl (C=S) groups is 1. The summed E-state index contributed by atoms with van der Waals surface area (Å²) in [5.74, 6) is 0.129. The quantitative estimate of drug-likeness (QED) is 0.831. The largest absolute Gasteiger partial charge is 0.341 e. The number of hydrogen-bond acceptors (Lipinski definition) is 2. The Balaban J connectivity index is 1.84. The highest BCUT2D eigenvalue weighted by Gasteiger charge is 2.01. The second-order valence-corrected chi connectivity index (χ2v) is 5.49. The third-order valence-electron chi connectivity index (χ3n) is 2.37. The van der Waals surface area contributed by atoms with Gasteiger partial charge in [0.2, 0.25) is 0 Å². The second-order valence-electron chi connectivity index (χ2n) is 3.83. The molecular formula is C14H11F2NS2. The highest BCUT2D eigenvalue weighted by Crippen LogP contribution is 2.17. The Morgan fingerprint density at radius 2 is 1.47 bits per heavy atom. The van der Waals surface area contributed by atoms with Gasteiger partial charge in [0, 0.05) is 11.4 Å². The Labute approximate surface area is 120 Å². The van der Waals surface area contributed by atoms with E-state index in [1.807, 2.05) is 0 Å². The summed E-state index contributed by atoms with van der Waals surface area (Å²) in [6.45, 7) is 0. The van der Waals surface area contributed by atoms with Crippen LogP contribution in [0.4, 0.5) is 14.5 Å². The third kappa shape index (κ3) is 4.61. The molecule has 98 valence electrons. The van der Waals surface area contributed by atoms with E-state index in [9.17, 15) is 8.78 Å². The van der Waals surface area contributed by atoms with Crippen molar-refractivity contribution in [2.75, 3.05) is 5.32 Å². The van der Waals surface area contributed by atoms with Crippen LogP contribution in [-0.2, 0) is 5.75 Å². The summed E-state index contributed by atoms with van der Waals surface area (Å²) in [5.41, 5.74) is 1.74. The molecule has 0 saturated heterocycles. The molecule has 0 aromatic heterocycles. The van der Waals surface area contributed by atoms with Gasteiger partial charge in [-0.15, -0.1) is 0 Å². The molecule has 0 bridgehead atoms. The predicted molar refractivity (Wildman–Crippen MR) is 80.3 cm³/mol. The molecule has 2 aromatic rings. The molecule has 0 radical (unpaired) electrons. The van der Waals surface area contributed by atoms with Gasteiger partial charge in [0.05, 0.1) is 0 Å². The molecule has 1 nitrogen and oxygen atoms in total. The zero-order valence-corrected chi connectivity index (χ0v) is 11.5. The van der Waals surface area contributed by atoms with Crippen LogP contribution in [-0.4, -0.2) is 4.32 Å². The smallest absolute Gasteiger partial charge is 0.138 e. The number of anilines is 1. The van der Waals surface area contributed by atoms with E-state index in [4.69, 9.17) is 12.2 Å². The number of halogens is 2. The van der Waals surface area contributed by atoms with Crippen LogP contribution in [0.25, 0.3) is 0 Å². The van der Waals surface area contributed by atoms with E-state index in [1.165, 1.54) is 36.0 Å². The average Bonchev–Trinajstić information content (AvgIpc) is 2.41. The Kier molecular flexibility index (Phi) is 4.87. The van der Waals surface area contributed by atoms with Crippen LogP contribution in [0.3, 0.4) is 0 Å². The maximum atomic E-state index is 12.7. The van der Waals surface area contributed by atoms with Crippen LogP contribution in [0.1, 0.15) is 5.56 Å². The minimum Gasteiger partial charge on any atom is -0.341 e. The summed E-state index contributed by atoms with van der Waals surface area (Å²) < 4.78 is 26.1. The van der Waals surface area contributed by atoms with Gasteiger partial charge in [0.1, 0.15) is 16.0 Å². The Bertz CT molecular complexity index is 553. The minimum absolute atomic E-state index is 0.249. The van der Waals surface area contributed by atoms with Crippen LogP contribution < -0.4 is 5.32 Å². The topological polar surface area (TPSA) is 12.0 Å². The maximum Gasteiger partial charge on any atom is 0.138 e. The van der Waals surface area contributed by atoms with Gasteiger partial charge in [-0.2, -0.15) is 0 Å². The number of hydrogen-bond donors (Lipinski definition) is 1. The highest BCUT2D eigenvalue weighted by atomic mass is 32.2. The Morgan fingerprint density at radius 1 is 0.947 bits per heavy atom. The zero-order chi connectivity index (χ0) is 13.7. The summed E-state index contributed by atoms with van der Waals surface area (Å²) in [6.07, 6.45) is 0. The second kappa shape index (κ2) is 6.63. The highest BCUT2D eigenvalue weighted by molar-refractivity contribution is 8.22. The van der Waals surface area contributed by atoms with E-state index >= 15 is 0 Å². The standard InChI is InChI=1S/C14H11F2NS2/c15-11-3-1-10(2-4-11)9-19-14(18)17-13-7-5-12(16)6-8-13/h1-8H,9H2,(H,17,18). The first-order valence-electron chi connectivity index (χ1n) is 5.57. The fourth-order valence-electron chi connectivity index (χ4n) is 1.42. The molecule has 0 aliphatic carbocycles. The van der Waals surface area contributed by atoms with E-state index in [0.29, 0.717) is 10.1 Å². The lowest BCUT2D eigenvalue weighted by molar-refractivity contribution is 0.627. The first-order valence-corrected chi connectivity index (χ1v) is 6.97. The molecule has 0 amide bonds. The first kappa shape index (κ1) is 14.0. The number of nitrogens with one attached hydrogen (secondary N) is 1. The summed E-state index contributed by atoms with van der Waals surface area (Å²) >= 11 is 6.62. The Morgan fingerprint density at radius 3 is 2.05 bits per heavy atom.